The summed E-state index contributed by atoms with van der Waals surface area (Å²) in [4.78, 5) is 0. The van der Waals surface area contributed by atoms with Crippen molar-refractivity contribution in [2.75, 3.05) is 13.1 Å². The Hall–Kier alpha value is -1.21. The van der Waals surface area contributed by atoms with Gasteiger partial charge in [0.25, 0.3) is 0 Å². The summed E-state index contributed by atoms with van der Waals surface area (Å²) < 4.78 is 0. The number of nitriles is 1. The summed E-state index contributed by atoms with van der Waals surface area (Å²) in [5.74, 6) is 0.563. The molecule has 1 aliphatic rings. The molecule has 0 saturated carbocycles. The third-order valence-corrected chi connectivity index (χ3v) is 1.50. The maximum absolute atomic E-state index is 8.54. The predicted octanol–water partition coefficient (Wildman–Crippen LogP) is 0.130. The van der Waals surface area contributed by atoms with Gasteiger partial charge in [0, 0.05) is 13.1 Å². The Morgan fingerprint density at radius 1 is 1.55 bits per heavy atom. The van der Waals surface area contributed by atoms with Crippen LogP contribution in [0, 0.1) is 16.7 Å². The van der Waals surface area contributed by atoms with Crippen LogP contribution in [0.3, 0.4) is 0 Å². The molecule has 4 nitrogen and oxygen atoms in total. The van der Waals surface area contributed by atoms with Crippen molar-refractivity contribution in [3.63, 3.8) is 0 Å². The first-order valence-corrected chi connectivity index (χ1v) is 3.50. The number of allylic oxidation sites excluding steroid dienone is 1. The molecule has 1 aliphatic heterocycles. The SMILES string of the molecule is N#CC(C(=N)Cl)=C1NCCN1. The van der Waals surface area contributed by atoms with Gasteiger partial charge in [0.1, 0.15) is 22.6 Å². The molecule has 1 fully saturated rings. The molecule has 0 aromatic carbocycles. The fourth-order valence-electron chi connectivity index (χ4n) is 0.829. The lowest BCUT2D eigenvalue weighted by molar-refractivity contribution is 0.942. The summed E-state index contributed by atoms with van der Waals surface area (Å²) in [6.45, 7) is 1.54. The van der Waals surface area contributed by atoms with Crippen LogP contribution < -0.4 is 10.6 Å². The number of rotatable bonds is 1. The van der Waals surface area contributed by atoms with Crippen LogP contribution >= 0.6 is 11.6 Å². The van der Waals surface area contributed by atoms with Crippen molar-refractivity contribution in [2.24, 2.45) is 0 Å². The highest BCUT2D eigenvalue weighted by atomic mass is 35.5. The maximum Gasteiger partial charge on any atom is 0.142 e. The first-order valence-electron chi connectivity index (χ1n) is 3.12. The fraction of sp³-hybridized carbons (Fsp3) is 0.333. The van der Waals surface area contributed by atoms with Crippen LogP contribution in [0.5, 0.6) is 0 Å². The second-order valence-corrected chi connectivity index (χ2v) is 2.41. The van der Waals surface area contributed by atoms with E-state index in [1.54, 1.807) is 0 Å². The number of halogens is 1. The molecular weight excluding hydrogens is 164 g/mol. The highest BCUT2D eigenvalue weighted by Gasteiger charge is 2.12. The smallest absolute Gasteiger partial charge is 0.142 e. The van der Waals surface area contributed by atoms with E-state index in [9.17, 15) is 0 Å². The molecule has 0 aromatic heterocycles. The van der Waals surface area contributed by atoms with E-state index >= 15 is 0 Å². The molecule has 0 radical (unpaired) electrons. The highest BCUT2D eigenvalue weighted by molar-refractivity contribution is 6.69. The number of nitrogens with zero attached hydrogens (tertiary/aromatic N) is 1. The zero-order valence-corrected chi connectivity index (χ0v) is 6.50. The van der Waals surface area contributed by atoms with Gasteiger partial charge in [-0.15, -0.1) is 0 Å². The van der Waals surface area contributed by atoms with Crippen LogP contribution in [0.1, 0.15) is 0 Å². The Kier molecular flexibility index (Phi) is 2.34. The van der Waals surface area contributed by atoms with Crippen LogP contribution in [-0.2, 0) is 0 Å². The van der Waals surface area contributed by atoms with E-state index in [1.807, 2.05) is 6.07 Å². The van der Waals surface area contributed by atoms with Gasteiger partial charge in [0.15, 0.2) is 0 Å². The second-order valence-electron chi connectivity index (χ2n) is 2.03. The van der Waals surface area contributed by atoms with E-state index < -0.39 is 0 Å². The molecular formula is C6H7ClN4. The van der Waals surface area contributed by atoms with Crippen LogP contribution in [0.2, 0.25) is 0 Å². The van der Waals surface area contributed by atoms with Gasteiger partial charge in [0.05, 0.1) is 0 Å². The zero-order valence-electron chi connectivity index (χ0n) is 5.74. The molecule has 11 heavy (non-hydrogen) atoms. The van der Waals surface area contributed by atoms with E-state index in [2.05, 4.69) is 10.6 Å². The van der Waals surface area contributed by atoms with E-state index in [0.29, 0.717) is 5.82 Å². The minimum atomic E-state index is -0.232. The van der Waals surface area contributed by atoms with Gasteiger partial charge in [0.2, 0.25) is 0 Å². The zero-order chi connectivity index (χ0) is 8.27. The Labute approximate surface area is 69.3 Å². The largest absolute Gasteiger partial charge is 0.369 e. The van der Waals surface area contributed by atoms with Gasteiger partial charge >= 0.3 is 0 Å². The molecule has 0 unspecified atom stereocenters. The van der Waals surface area contributed by atoms with Crippen molar-refractivity contribution < 1.29 is 0 Å². The number of hydrogen-bond acceptors (Lipinski definition) is 4. The lowest BCUT2D eigenvalue weighted by Crippen LogP contribution is -2.15. The first-order chi connectivity index (χ1) is 5.25. The van der Waals surface area contributed by atoms with E-state index in [0.717, 1.165) is 13.1 Å². The Balaban J connectivity index is 2.90. The van der Waals surface area contributed by atoms with Crippen molar-refractivity contribution in [2.45, 2.75) is 0 Å². The summed E-state index contributed by atoms with van der Waals surface area (Å²) in [7, 11) is 0. The first kappa shape index (κ1) is 7.89. The highest BCUT2D eigenvalue weighted by Crippen LogP contribution is 2.04. The van der Waals surface area contributed by atoms with Crippen molar-refractivity contribution in [3.05, 3.63) is 11.4 Å². The molecule has 1 rings (SSSR count). The molecule has 1 heterocycles. The summed E-state index contributed by atoms with van der Waals surface area (Å²) in [5.41, 5.74) is 0.171. The lowest BCUT2D eigenvalue weighted by atomic mass is 10.3. The van der Waals surface area contributed by atoms with Crippen LogP contribution in [0.15, 0.2) is 11.4 Å². The Bertz CT molecular complexity index is 242. The summed E-state index contributed by atoms with van der Waals surface area (Å²) in [5, 5.41) is 21.2. The standard InChI is InChI=1S/C6H7ClN4/c7-5(9)4(3-8)6-10-1-2-11-6/h9-11H,1-2H2. The molecule has 0 aromatic rings. The molecule has 0 spiro atoms. The average molecular weight is 171 g/mol. The predicted molar refractivity (Wildman–Crippen MR) is 42.2 cm³/mol. The average Bonchev–Trinajstić information content (AvgIpc) is 2.40. The third-order valence-electron chi connectivity index (χ3n) is 1.31. The van der Waals surface area contributed by atoms with E-state index in [4.69, 9.17) is 22.3 Å². The summed E-state index contributed by atoms with van der Waals surface area (Å²) in [6, 6.07) is 1.84. The van der Waals surface area contributed by atoms with Crippen LogP contribution in [-0.4, -0.2) is 18.3 Å². The maximum atomic E-state index is 8.54. The topological polar surface area (TPSA) is 71.7 Å². The van der Waals surface area contributed by atoms with E-state index in [-0.39, 0.29) is 10.7 Å². The van der Waals surface area contributed by atoms with Gasteiger partial charge in [-0.25, -0.2) is 0 Å². The molecule has 0 amide bonds. The molecule has 58 valence electrons. The van der Waals surface area contributed by atoms with Gasteiger partial charge in [-0.2, -0.15) is 5.26 Å². The molecule has 0 bridgehead atoms. The van der Waals surface area contributed by atoms with Gasteiger partial charge in [-0.05, 0) is 0 Å². The summed E-state index contributed by atoms with van der Waals surface area (Å²) >= 11 is 5.35. The van der Waals surface area contributed by atoms with Crippen molar-refractivity contribution in [1.29, 1.82) is 10.7 Å². The molecule has 0 atom stereocenters. The number of nitrogens with one attached hydrogen (secondary N) is 3. The Morgan fingerprint density at radius 2 is 2.09 bits per heavy atom. The molecule has 0 aliphatic carbocycles. The van der Waals surface area contributed by atoms with Gasteiger partial charge < -0.3 is 10.6 Å². The monoisotopic (exact) mass is 170 g/mol. The van der Waals surface area contributed by atoms with Crippen molar-refractivity contribution >= 4 is 16.8 Å². The second kappa shape index (κ2) is 3.26. The normalized spacial score (nSPS) is 14.7. The van der Waals surface area contributed by atoms with Crippen molar-refractivity contribution in [1.82, 2.24) is 10.6 Å². The number of hydrogen-bond donors (Lipinski definition) is 3. The van der Waals surface area contributed by atoms with Crippen LogP contribution in [0.4, 0.5) is 0 Å². The minimum Gasteiger partial charge on any atom is -0.369 e. The molecule has 5 heteroatoms. The van der Waals surface area contributed by atoms with Gasteiger partial charge in [-0.3, -0.25) is 5.41 Å². The van der Waals surface area contributed by atoms with Crippen molar-refractivity contribution in [3.8, 4) is 6.07 Å². The lowest BCUT2D eigenvalue weighted by Gasteiger charge is -2.00. The van der Waals surface area contributed by atoms with E-state index in [1.165, 1.54) is 0 Å². The fourth-order valence-corrected chi connectivity index (χ4v) is 0.966. The Morgan fingerprint density at radius 3 is 2.45 bits per heavy atom. The summed E-state index contributed by atoms with van der Waals surface area (Å²) in [6.07, 6.45) is 0. The molecule has 1 saturated heterocycles. The third kappa shape index (κ3) is 1.63. The van der Waals surface area contributed by atoms with Crippen LogP contribution in [0.25, 0.3) is 0 Å². The molecule has 3 N–H and O–H groups in total. The minimum absolute atomic E-state index is 0.171. The van der Waals surface area contributed by atoms with Gasteiger partial charge in [-0.1, -0.05) is 11.6 Å². The quantitative estimate of drug-likeness (QED) is 0.387.